The Labute approximate surface area is 96.2 Å². The van der Waals surface area contributed by atoms with E-state index in [1.165, 1.54) is 0 Å². The highest BCUT2D eigenvalue weighted by molar-refractivity contribution is 5.79. The minimum atomic E-state index is 0.0978. The maximum atomic E-state index is 11.8. The number of nitrogens with zero attached hydrogens (tertiary/aromatic N) is 1. The van der Waals surface area contributed by atoms with Gasteiger partial charge >= 0.3 is 0 Å². The Kier molecular flexibility index (Phi) is 2.62. The second-order valence-corrected chi connectivity index (χ2v) is 5.29. The van der Waals surface area contributed by atoms with Gasteiger partial charge in [0.1, 0.15) is 0 Å². The minimum absolute atomic E-state index is 0.0978. The number of nitrogens with two attached hydrogens (primary N) is 1. The number of nitrogen functional groups attached to an aromatic ring is 1. The van der Waals surface area contributed by atoms with Crippen LogP contribution in [0.25, 0.3) is 0 Å². The van der Waals surface area contributed by atoms with Gasteiger partial charge in [0.05, 0.1) is 0 Å². The first-order chi connectivity index (χ1) is 7.48. The number of hydrogen-bond acceptors (Lipinski definition) is 2. The number of likely N-dealkylation sites (tertiary alicyclic amines) is 1. The molecule has 1 aliphatic rings. The van der Waals surface area contributed by atoms with Crippen LogP contribution in [-0.2, 0) is 11.3 Å². The molecule has 0 radical (unpaired) electrons. The second-order valence-electron chi connectivity index (χ2n) is 5.29. The van der Waals surface area contributed by atoms with Crippen molar-refractivity contribution in [1.29, 1.82) is 0 Å². The van der Waals surface area contributed by atoms with E-state index in [1.54, 1.807) is 0 Å². The molecule has 0 atom stereocenters. The molecule has 3 nitrogen and oxygen atoms in total. The lowest BCUT2D eigenvalue weighted by Gasteiger charge is -2.20. The van der Waals surface area contributed by atoms with Gasteiger partial charge in [0, 0.05) is 25.2 Å². The van der Waals surface area contributed by atoms with Crippen molar-refractivity contribution >= 4 is 11.6 Å². The summed E-state index contributed by atoms with van der Waals surface area (Å²) in [4.78, 5) is 13.7. The number of amides is 1. The molecule has 1 aliphatic heterocycles. The third-order valence-electron chi connectivity index (χ3n) is 3.02. The highest BCUT2D eigenvalue weighted by Gasteiger charge is 2.35. The van der Waals surface area contributed by atoms with Crippen molar-refractivity contribution < 1.29 is 4.79 Å². The largest absolute Gasteiger partial charge is 0.398 e. The van der Waals surface area contributed by atoms with E-state index >= 15 is 0 Å². The Bertz CT molecular complexity index is 412. The van der Waals surface area contributed by atoms with Crippen LogP contribution in [0.1, 0.15) is 25.8 Å². The van der Waals surface area contributed by atoms with E-state index in [-0.39, 0.29) is 11.3 Å². The second kappa shape index (κ2) is 3.81. The van der Waals surface area contributed by atoms with E-state index in [0.717, 1.165) is 17.8 Å². The van der Waals surface area contributed by atoms with Gasteiger partial charge in [0.15, 0.2) is 0 Å². The molecule has 1 aromatic rings. The van der Waals surface area contributed by atoms with Gasteiger partial charge in [-0.2, -0.15) is 0 Å². The minimum Gasteiger partial charge on any atom is -0.398 e. The van der Waals surface area contributed by atoms with Gasteiger partial charge in [-0.05, 0) is 17.0 Å². The summed E-state index contributed by atoms with van der Waals surface area (Å²) in [7, 11) is 0. The van der Waals surface area contributed by atoms with Crippen LogP contribution < -0.4 is 5.73 Å². The van der Waals surface area contributed by atoms with Crippen molar-refractivity contribution in [2.75, 3.05) is 12.3 Å². The molecule has 2 rings (SSSR count). The zero-order chi connectivity index (χ0) is 11.8. The standard InChI is InChI=1S/C13H18N2O/c1-13(2)7-12(16)15(9-13)8-10-5-3-4-6-11(10)14/h3-6H,7-9,14H2,1-2H3. The van der Waals surface area contributed by atoms with E-state index in [9.17, 15) is 4.79 Å². The average molecular weight is 218 g/mol. The van der Waals surface area contributed by atoms with Crippen molar-refractivity contribution in [3.05, 3.63) is 29.8 Å². The maximum Gasteiger partial charge on any atom is 0.223 e. The smallest absolute Gasteiger partial charge is 0.223 e. The summed E-state index contributed by atoms with van der Waals surface area (Å²) >= 11 is 0. The number of hydrogen-bond donors (Lipinski definition) is 1. The van der Waals surface area contributed by atoms with Gasteiger partial charge in [-0.1, -0.05) is 32.0 Å². The molecule has 3 heteroatoms. The summed E-state index contributed by atoms with van der Waals surface area (Å²) in [5, 5.41) is 0. The van der Waals surface area contributed by atoms with Crippen LogP contribution in [0.5, 0.6) is 0 Å². The molecule has 0 unspecified atom stereocenters. The molecule has 0 aromatic heterocycles. The number of para-hydroxylation sites is 1. The van der Waals surface area contributed by atoms with E-state index in [2.05, 4.69) is 13.8 Å². The summed E-state index contributed by atoms with van der Waals surface area (Å²) in [6.45, 7) is 5.70. The highest BCUT2D eigenvalue weighted by Crippen LogP contribution is 2.31. The van der Waals surface area contributed by atoms with Crippen LogP contribution in [0.3, 0.4) is 0 Å². The van der Waals surface area contributed by atoms with Gasteiger partial charge in [-0.25, -0.2) is 0 Å². The summed E-state index contributed by atoms with van der Waals surface area (Å²) in [5.41, 5.74) is 7.77. The maximum absolute atomic E-state index is 11.8. The SMILES string of the molecule is CC1(C)CC(=O)N(Cc2ccccc2N)C1. The predicted octanol–water partition coefficient (Wildman–Crippen LogP) is 2.03. The fourth-order valence-corrected chi connectivity index (χ4v) is 2.21. The van der Waals surface area contributed by atoms with Crippen LogP contribution >= 0.6 is 0 Å². The fourth-order valence-electron chi connectivity index (χ4n) is 2.21. The number of carbonyl (C=O) groups excluding carboxylic acids is 1. The van der Waals surface area contributed by atoms with E-state index in [4.69, 9.17) is 5.73 Å². The van der Waals surface area contributed by atoms with E-state index < -0.39 is 0 Å². The molecule has 0 saturated carbocycles. The molecule has 0 aliphatic carbocycles. The molecule has 1 fully saturated rings. The summed E-state index contributed by atoms with van der Waals surface area (Å²) in [6.07, 6.45) is 0.639. The topological polar surface area (TPSA) is 46.3 Å². The van der Waals surface area contributed by atoms with Crippen LogP contribution in [-0.4, -0.2) is 17.4 Å². The van der Waals surface area contributed by atoms with Crippen LogP contribution in [0.15, 0.2) is 24.3 Å². The summed E-state index contributed by atoms with van der Waals surface area (Å²) in [5.74, 6) is 0.230. The number of anilines is 1. The van der Waals surface area contributed by atoms with Gasteiger partial charge < -0.3 is 10.6 Å². The Hall–Kier alpha value is -1.51. The molecule has 1 heterocycles. The first-order valence-electron chi connectivity index (χ1n) is 5.59. The van der Waals surface area contributed by atoms with Crippen LogP contribution in [0.2, 0.25) is 0 Å². The zero-order valence-electron chi connectivity index (χ0n) is 9.86. The first-order valence-corrected chi connectivity index (χ1v) is 5.59. The molecule has 0 bridgehead atoms. The highest BCUT2D eigenvalue weighted by atomic mass is 16.2. The Morgan fingerprint density at radius 2 is 2.06 bits per heavy atom. The van der Waals surface area contributed by atoms with Crippen molar-refractivity contribution in [1.82, 2.24) is 4.90 Å². The molecular weight excluding hydrogens is 200 g/mol. The molecule has 0 spiro atoms. The van der Waals surface area contributed by atoms with Crippen molar-refractivity contribution in [3.8, 4) is 0 Å². The Morgan fingerprint density at radius 3 is 2.62 bits per heavy atom. The lowest BCUT2D eigenvalue weighted by Crippen LogP contribution is -2.26. The molecule has 86 valence electrons. The monoisotopic (exact) mass is 218 g/mol. The normalized spacial score (nSPS) is 19.1. The van der Waals surface area contributed by atoms with Gasteiger partial charge in [0.2, 0.25) is 5.91 Å². The summed E-state index contributed by atoms with van der Waals surface area (Å²) in [6, 6.07) is 7.72. The predicted molar refractivity (Wildman–Crippen MR) is 64.7 cm³/mol. The van der Waals surface area contributed by atoms with Gasteiger partial charge in [-0.15, -0.1) is 0 Å². The third-order valence-corrected chi connectivity index (χ3v) is 3.02. The molecule has 1 saturated heterocycles. The van der Waals surface area contributed by atoms with E-state index in [0.29, 0.717) is 13.0 Å². The number of carbonyl (C=O) groups is 1. The van der Waals surface area contributed by atoms with Crippen molar-refractivity contribution in [3.63, 3.8) is 0 Å². The van der Waals surface area contributed by atoms with E-state index in [1.807, 2.05) is 29.2 Å². The lowest BCUT2D eigenvalue weighted by atomic mass is 9.93. The lowest BCUT2D eigenvalue weighted by molar-refractivity contribution is -0.128. The zero-order valence-corrected chi connectivity index (χ0v) is 9.86. The van der Waals surface area contributed by atoms with Gasteiger partial charge in [-0.3, -0.25) is 4.79 Å². The Balaban J connectivity index is 2.12. The van der Waals surface area contributed by atoms with Crippen molar-refractivity contribution in [2.24, 2.45) is 5.41 Å². The van der Waals surface area contributed by atoms with Crippen molar-refractivity contribution in [2.45, 2.75) is 26.8 Å². The average Bonchev–Trinajstić information content (AvgIpc) is 2.44. The quantitative estimate of drug-likeness (QED) is 0.772. The van der Waals surface area contributed by atoms with Crippen LogP contribution in [0.4, 0.5) is 5.69 Å². The number of rotatable bonds is 2. The molecule has 1 aromatic carbocycles. The first kappa shape index (κ1) is 11.0. The fraction of sp³-hybridized carbons (Fsp3) is 0.462. The van der Waals surface area contributed by atoms with Gasteiger partial charge in [0.25, 0.3) is 0 Å². The molecule has 2 N–H and O–H groups in total. The number of benzene rings is 1. The third kappa shape index (κ3) is 2.18. The summed E-state index contributed by atoms with van der Waals surface area (Å²) < 4.78 is 0. The Morgan fingerprint density at radius 1 is 1.38 bits per heavy atom. The molecule has 1 amide bonds. The van der Waals surface area contributed by atoms with Crippen LogP contribution in [0, 0.1) is 5.41 Å². The molecular formula is C13H18N2O. The molecule has 16 heavy (non-hydrogen) atoms.